The third-order valence-electron chi connectivity index (χ3n) is 4.21. The monoisotopic (exact) mass is 386 g/mol. The maximum absolute atomic E-state index is 13.1. The summed E-state index contributed by atoms with van der Waals surface area (Å²) in [6.45, 7) is 0. The van der Waals surface area contributed by atoms with Crippen LogP contribution in [0.1, 0.15) is 5.56 Å². The number of hydrogen-bond donors (Lipinski definition) is 1. The van der Waals surface area contributed by atoms with Crippen molar-refractivity contribution in [1.29, 1.82) is 0 Å². The molecule has 0 unspecified atom stereocenters. The molecule has 0 atom stereocenters. The molecule has 0 amide bonds. The molecule has 1 N–H and O–H groups in total. The molecule has 0 aliphatic heterocycles. The summed E-state index contributed by atoms with van der Waals surface area (Å²) in [7, 11) is 1.48. The minimum Gasteiger partial charge on any atom is -0.481 e. The Balaban J connectivity index is 1.99. The van der Waals surface area contributed by atoms with Gasteiger partial charge in [0.1, 0.15) is 5.82 Å². The SMILES string of the molecule is COc1ccc(-c2nc3cc(C(F)(F)F)ccc3n2-c2ccc(=O)[nH]c2)cn1. The van der Waals surface area contributed by atoms with Crippen LogP contribution in [0, 0.1) is 0 Å². The molecular formula is C19H13F3N4O2. The van der Waals surface area contributed by atoms with Gasteiger partial charge in [-0.05, 0) is 30.3 Å². The van der Waals surface area contributed by atoms with Crippen molar-refractivity contribution in [1.82, 2.24) is 19.5 Å². The summed E-state index contributed by atoms with van der Waals surface area (Å²) in [5.41, 5.74) is 0.688. The topological polar surface area (TPSA) is 72.8 Å². The van der Waals surface area contributed by atoms with Crippen molar-refractivity contribution in [3.05, 3.63) is 70.8 Å². The first-order valence-corrected chi connectivity index (χ1v) is 8.16. The number of nitrogens with one attached hydrogen (secondary N) is 1. The third kappa shape index (κ3) is 3.11. The maximum atomic E-state index is 13.1. The van der Waals surface area contributed by atoms with E-state index < -0.39 is 11.7 Å². The van der Waals surface area contributed by atoms with Gasteiger partial charge in [0.25, 0.3) is 0 Å². The second-order valence-electron chi connectivity index (χ2n) is 5.97. The van der Waals surface area contributed by atoms with Crippen LogP contribution in [-0.4, -0.2) is 26.6 Å². The number of ether oxygens (including phenoxy) is 1. The highest BCUT2D eigenvalue weighted by Crippen LogP contribution is 2.34. The van der Waals surface area contributed by atoms with E-state index in [1.165, 1.54) is 31.6 Å². The molecule has 0 saturated heterocycles. The van der Waals surface area contributed by atoms with Crippen molar-refractivity contribution in [2.24, 2.45) is 0 Å². The maximum Gasteiger partial charge on any atom is 0.416 e. The summed E-state index contributed by atoms with van der Waals surface area (Å²) >= 11 is 0. The van der Waals surface area contributed by atoms with Crippen LogP contribution in [0.15, 0.2) is 59.7 Å². The third-order valence-corrected chi connectivity index (χ3v) is 4.21. The van der Waals surface area contributed by atoms with Gasteiger partial charge in [0.2, 0.25) is 11.4 Å². The van der Waals surface area contributed by atoms with Crippen LogP contribution >= 0.6 is 0 Å². The Bertz CT molecular complexity index is 1190. The van der Waals surface area contributed by atoms with Crippen LogP contribution in [0.3, 0.4) is 0 Å². The van der Waals surface area contributed by atoms with Crippen molar-refractivity contribution in [3.63, 3.8) is 0 Å². The summed E-state index contributed by atoms with van der Waals surface area (Å²) in [5.74, 6) is 0.784. The van der Waals surface area contributed by atoms with E-state index >= 15 is 0 Å². The summed E-state index contributed by atoms with van der Waals surface area (Å²) < 4.78 is 46.0. The minimum absolute atomic E-state index is 0.173. The van der Waals surface area contributed by atoms with E-state index in [0.717, 1.165) is 12.1 Å². The average Bonchev–Trinajstić information content (AvgIpc) is 3.07. The molecule has 0 fully saturated rings. The van der Waals surface area contributed by atoms with E-state index in [1.807, 2.05) is 0 Å². The standard InChI is InChI=1S/C19H13F3N4O2/c1-28-17-7-2-11(9-24-17)18-25-14-8-12(19(20,21)22)3-5-15(14)26(18)13-4-6-16(27)23-10-13/h2-10H,1H3,(H,23,27). The minimum atomic E-state index is -4.47. The number of benzene rings is 1. The van der Waals surface area contributed by atoms with Crippen LogP contribution in [0.4, 0.5) is 13.2 Å². The summed E-state index contributed by atoms with van der Waals surface area (Å²) in [6.07, 6.45) is -1.48. The molecule has 0 radical (unpaired) electrons. The zero-order valence-electron chi connectivity index (χ0n) is 14.5. The van der Waals surface area contributed by atoms with Gasteiger partial charge in [-0.15, -0.1) is 0 Å². The number of fused-ring (bicyclic) bond motifs is 1. The first kappa shape index (κ1) is 17.8. The lowest BCUT2D eigenvalue weighted by molar-refractivity contribution is -0.137. The lowest BCUT2D eigenvalue weighted by atomic mass is 10.2. The Hall–Kier alpha value is -3.62. The Kier molecular flexibility index (Phi) is 4.14. The van der Waals surface area contributed by atoms with Gasteiger partial charge in [-0.3, -0.25) is 9.36 Å². The van der Waals surface area contributed by atoms with E-state index in [1.54, 1.807) is 22.8 Å². The number of hydrogen-bond acceptors (Lipinski definition) is 4. The summed E-state index contributed by atoms with van der Waals surface area (Å²) in [4.78, 5) is 22.5. The van der Waals surface area contributed by atoms with Crippen LogP contribution in [0.2, 0.25) is 0 Å². The van der Waals surface area contributed by atoms with E-state index in [0.29, 0.717) is 28.5 Å². The van der Waals surface area contributed by atoms with Crippen LogP contribution < -0.4 is 10.3 Å². The van der Waals surface area contributed by atoms with Gasteiger partial charge in [0, 0.05) is 30.1 Å². The van der Waals surface area contributed by atoms with Gasteiger partial charge in [0.05, 0.1) is 29.4 Å². The van der Waals surface area contributed by atoms with Crippen LogP contribution in [-0.2, 0) is 6.18 Å². The number of imidazole rings is 1. The first-order valence-electron chi connectivity index (χ1n) is 8.16. The number of nitrogens with zero attached hydrogens (tertiary/aromatic N) is 3. The lowest BCUT2D eigenvalue weighted by Gasteiger charge is -2.10. The Labute approximate surface area is 156 Å². The van der Waals surface area contributed by atoms with Crippen molar-refractivity contribution < 1.29 is 17.9 Å². The highest BCUT2D eigenvalue weighted by molar-refractivity contribution is 5.83. The number of aromatic nitrogens is 4. The van der Waals surface area contributed by atoms with Crippen molar-refractivity contribution in [3.8, 4) is 23.0 Å². The molecule has 0 saturated carbocycles. The molecular weight excluding hydrogens is 373 g/mol. The molecule has 3 heterocycles. The van der Waals surface area contributed by atoms with E-state index in [9.17, 15) is 18.0 Å². The van der Waals surface area contributed by atoms with Gasteiger partial charge in [0.15, 0.2) is 0 Å². The van der Waals surface area contributed by atoms with Crippen molar-refractivity contribution in [2.45, 2.75) is 6.18 Å². The zero-order chi connectivity index (χ0) is 19.9. The lowest BCUT2D eigenvalue weighted by Crippen LogP contribution is -2.06. The van der Waals surface area contributed by atoms with Gasteiger partial charge >= 0.3 is 6.18 Å². The van der Waals surface area contributed by atoms with Gasteiger partial charge in [-0.1, -0.05) is 0 Å². The smallest absolute Gasteiger partial charge is 0.416 e. The van der Waals surface area contributed by atoms with E-state index in [2.05, 4.69) is 15.0 Å². The van der Waals surface area contributed by atoms with Crippen LogP contribution in [0.25, 0.3) is 28.1 Å². The molecule has 1 aromatic carbocycles. The van der Waals surface area contributed by atoms with E-state index in [4.69, 9.17) is 4.74 Å². The number of rotatable bonds is 3. The highest BCUT2D eigenvalue weighted by Gasteiger charge is 2.31. The number of alkyl halides is 3. The molecule has 9 heteroatoms. The molecule has 3 aromatic heterocycles. The molecule has 28 heavy (non-hydrogen) atoms. The molecule has 4 aromatic rings. The van der Waals surface area contributed by atoms with Gasteiger partial charge in [-0.25, -0.2) is 9.97 Å². The molecule has 0 aliphatic rings. The fraction of sp³-hybridized carbons (Fsp3) is 0.105. The van der Waals surface area contributed by atoms with Gasteiger partial charge in [-0.2, -0.15) is 13.2 Å². The zero-order valence-corrected chi connectivity index (χ0v) is 14.5. The molecule has 0 spiro atoms. The number of halogens is 3. The normalized spacial score (nSPS) is 11.7. The molecule has 142 valence electrons. The Morgan fingerprint density at radius 3 is 2.54 bits per heavy atom. The van der Waals surface area contributed by atoms with E-state index in [-0.39, 0.29) is 11.1 Å². The fourth-order valence-electron chi connectivity index (χ4n) is 2.89. The molecule has 4 rings (SSSR count). The second-order valence-corrected chi connectivity index (χ2v) is 5.97. The molecule has 0 bridgehead atoms. The highest BCUT2D eigenvalue weighted by atomic mass is 19.4. The first-order chi connectivity index (χ1) is 13.4. The number of aromatic amines is 1. The molecule has 0 aliphatic carbocycles. The predicted octanol–water partition coefficient (Wildman–Crippen LogP) is 3.80. The quantitative estimate of drug-likeness (QED) is 0.581. The number of H-pyrrole nitrogens is 1. The van der Waals surface area contributed by atoms with Crippen molar-refractivity contribution in [2.75, 3.05) is 7.11 Å². The summed E-state index contributed by atoms with van der Waals surface area (Å²) in [5, 5.41) is 0. The Morgan fingerprint density at radius 1 is 1.11 bits per heavy atom. The van der Waals surface area contributed by atoms with Crippen LogP contribution in [0.5, 0.6) is 5.88 Å². The predicted molar refractivity (Wildman–Crippen MR) is 96.5 cm³/mol. The number of pyridine rings is 2. The van der Waals surface area contributed by atoms with Crippen molar-refractivity contribution >= 4 is 11.0 Å². The largest absolute Gasteiger partial charge is 0.481 e. The fourth-order valence-corrected chi connectivity index (χ4v) is 2.89. The summed E-state index contributed by atoms with van der Waals surface area (Å²) in [6, 6.07) is 9.60. The number of methoxy groups -OCH3 is 1. The average molecular weight is 386 g/mol. The van der Waals surface area contributed by atoms with Gasteiger partial charge < -0.3 is 9.72 Å². The molecule has 6 nitrogen and oxygen atoms in total. The second kappa shape index (κ2) is 6.52. The Morgan fingerprint density at radius 2 is 1.93 bits per heavy atom.